The van der Waals surface area contributed by atoms with Gasteiger partial charge in [0.05, 0.1) is 0 Å². The fraction of sp³-hybridized carbons (Fsp3) is 0.750. The molecule has 116 valence electrons. The number of rotatable bonds is 6. The highest BCUT2D eigenvalue weighted by atomic mass is 15.2. The lowest BCUT2D eigenvalue weighted by molar-refractivity contribution is 0.276. The van der Waals surface area contributed by atoms with E-state index in [1.54, 1.807) is 6.33 Å². The van der Waals surface area contributed by atoms with Crippen LogP contribution < -0.4 is 10.2 Å². The molecular weight excluding hydrogens is 262 g/mol. The van der Waals surface area contributed by atoms with E-state index < -0.39 is 0 Å². The van der Waals surface area contributed by atoms with Gasteiger partial charge in [0.25, 0.3) is 0 Å². The van der Waals surface area contributed by atoms with Gasteiger partial charge in [-0.05, 0) is 52.1 Å². The van der Waals surface area contributed by atoms with Crippen LogP contribution in [0.2, 0.25) is 0 Å². The first-order chi connectivity index (χ1) is 10.2. The van der Waals surface area contributed by atoms with Crippen molar-refractivity contribution in [1.82, 2.24) is 14.9 Å². The minimum Gasteiger partial charge on any atom is -0.368 e. The highest BCUT2D eigenvalue weighted by molar-refractivity contribution is 5.48. The van der Waals surface area contributed by atoms with Crippen molar-refractivity contribution in [3.63, 3.8) is 0 Å². The summed E-state index contributed by atoms with van der Waals surface area (Å²) in [5.41, 5.74) is 0. The van der Waals surface area contributed by atoms with Gasteiger partial charge in [0.15, 0.2) is 0 Å². The molecule has 1 saturated heterocycles. The third kappa shape index (κ3) is 3.84. The van der Waals surface area contributed by atoms with Crippen LogP contribution in [-0.4, -0.2) is 54.6 Å². The second kappa shape index (κ2) is 6.60. The molecule has 0 amide bonds. The van der Waals surface area contributed by atoms with Crippen molar-refractivity contribution < 1.29 is 0 Å². The Bertz CT molecular complexity index is 450. The minimum absolute atomic E-state index is 0.610. The van der Waals surface area contributed by atoms with Crippen molar-refractivity contribution in [2.75, 3.05) is 43.9 Å². The summed E-state index contributed by atoms with van der Waals surface area (Å²) in [4.78, 5) is 13.5. The maximum Gasteiger partial charge on any atom is 0.134 e. The fourth-order valence-corrected chi connectivity index (χ4v) is 3.20. The Balaban J connectivity index is 1.60. The highest BCUT2D eigenvalue weighted by Gasteiger charge is 2.32. The molecule has 5 heteroatoms. The standard InChI is InChI=1S/C16H27N5/c1-20(2)14(13-6-7-13)11-17-15-10-16(19-12-18-15)21-8-4-3-5-9-21/h10,12-14H,3-9,11H2,1-2H3,(H,17,18,19). The normalized spacial score (nSPS) is 20.6. The fourth-order valence-electron chi connectivity index (χ4n) is 3.20. The van der Waals surface area contributed by atoms with Crippen LogP contribution >= 0.6 is 0 Å². The first-order valence-corrected chi connectivity index (χ1v) is 8.21. The Kier molecular flexibility index (Phi) is 4.58. The molecule has 2 heterocycles. The van der Waals surface area contributed by atoms with Crippen molar-refractivity contribution >= 4 is 11.6 Å². The number of anilines is 2. The van der Waals surface area contributed by atoms with Crippen molar-refractivity contribution in [1.29, 1.82) is 0 Å². The molecule has 1 atom stereocenters. The molecule has 1 aromatic heterocycles. The van der Waals surface area contributed by atoms with Crippen LogP contribution in [0.15, 0.2) is 12.4 Å². The van der Waals surface area contributed by atoms with Gasteiger partial charge in [-0.2, -0.15) is 0 Å². The molecule has 1 N–H and O–H groups in total. The van der Waals surface area contributed by atoms with Gasteiger partial charge in [-0.1, -0.05) is 0 Å². The number of nitrogens with zero attached hydrogens (tertiary/aromatic N) is 4. The third-order valence-electron chi connectivity index (χ3n) is 4.65. The molecule has 1 aromatic rings. The number of likely N-dealkylation sites (N-methyl/N-ethyl adjacent to an activating group) is 1. The number of hydrogen-bond donors (Lipinski definition) is 1. The summed E-state index contributed by atoms with van der Waals surface area (Å²) in [6.45, 7) is 3.21. The summed E-state index contributed by atoms with van der Waals surface area (Å²) in [6, 6.07) is 2.71. The monoisotopic (exact) mass is 289 g/mol. The zero-order valence-corrected chi connectivity index (χ0v) is 13.3. The van der Waals surface area contributed by atoms with E-state index in [4.69, 9.17) is 0 Å². The maximum atomic E-state index is 4.44. The topological polar surface area (TPSA) is 44.3 Å². The van der Waals surface area contributed by atoms with Gasteiger partial charge >= 0.3 is 0 Å². The summed E-state index contributed by atoms with van der Waals surface area (Å²) in [6.07, 6.45) is 8.32. The predicted molar refractivity (Wildman–Crippen MR) is 86.8 cm³/mol. The molecule has 0 spiro atoms. The molecule has 1 saturated carbocycles. The molecule has 0 bridgehead atoms. The summed E-state index contributed by atoms with van der Waals surface area (Å²) >= 11 is 0. The molecule has 2 fully saturated rings. The number of piperidine rings is 1. The van der Waals surface area contributed by atoms with Gasteiger partial charge in [-0.25, -0.2) is 9.97 Å². The van der Waals surface area contributed by atoms with Crippen LogP contribution in [0.1, 0.15) is 32.1 Å². The number of hydrogen-bond acceptors (Lipinski definition) is 5. The van der Waals surface area contributed by atoms with Crippen molar-refractivity contribution in [3.05, 3.63) is 12.4 Å². The summed E-state index contributed by atoms with van der Waals surface area (Å²) in [5.74, 6) is 2.88. The molecule has 5 nitrogen and oxygen atoms in total. The Labute approximate surface area is 127 Å². The van der Waals surface area contributed by atoms with E-state index in [-0.39, 0.29) is 0 Å². The average Bonchev–Trinajstić information content (AvgIpc) is 3.33. The highest BCUT2D eigenvalue weighted by Crippen LogP contribution is 2.34. The van der Waals surface area contributed by atoms with Crippen LogP contribution in [0, 0.1) is 5.92 Å². The quantitative estimate of drug-likeness (QED) is 0.870. The summed E-state index contributed by atoms with van der Waals surface area (Å²) < 4.78 is 0. The van der Waals surface area contributed by atoms with E-state index >= 15 is 0 Å². The summed E-state index contributed by atoms with van der Waals surface area (Å²) in [5, 5.41) is 3.51. The van der Waals surface area contributed by atoms with Gasteiger partial charge < -0.3 is 15.1 Å². The van der Waals surface area contributed by atoms with E-state index in [0.717, 1.165) is 37.2 Å². The van der Waals surface area contributed by atoms with Gasteiger partial charge in [-0.15, -0.1) is 0 Å². The smallest absolute Gasteiger partial charge is 0.134 e. The van der Waals surface area contributed by atoms with Gasteiger partial charge in [0, 0.05) is 31.7 Å². The SMILES string of the molecule is CN(C)C(CNc1cc(N2CCCCC2)ncn1)C1CC1. The van der Waals surface area contributed by atoms with E-state index in [1.807, 2.05) is 0 Å². The predicted octanol–water partition coefficient (Wildman–Crippen LogP) is 2.22. The minimum atomic E-state index is 0.610. The van der Waals surface area contributed by atoms with Crippen LogP contribution in [0.3, 0.4) is 0 Å². The molecule has 0 radical (unpaired) electrons. The molecule has 21 heavy (non-hydrogen) atoms. The second-order valence-electron chi connectivity index (χ2n) is 6.56. The molecule has 1 aliphatic heterocycles. The van der Waals surface area contributed by atoms with E-state index in [9.17, 15) is 0 Å². The van der Waals surface area contributed by atoms with Crippen LogP contribution in [0.4, 0.5) is 11.6 Å². The molecule has 1 unspecified atom stereocenters. The lowest BCUT2D eigenvalue weighted by Gasteiger charge is -2.28. The number of nitrogens with one attached hydrogen (secondary N) is 1. The molecule has 0 aromatic carbocycles. The maximum absolute atomic E-state index is 4.44. The van der Waals surface area contributed by atoms with Crippen molar-refractivity contribution in [2.45, 2.75) is 38.1 Å². The Hall–Kier alpha value is -1.36. The Morgan fingerprint density at radius 2 is 2.00 bits per heavy atom. The summed E-state index contributed by atoms with van der Waals surface area (Å²) in [7, 11) is 4.34. The van der Waals surface area contributed by atoms with Gasteiger partial charge in [0.2, 0.25) is 0 Å². The van der Waals surface area contributed by atoms with E-state index in [2.05, 4.69) is 45.2 Å². The van der Waals surface area contributed by atoms with Crippen LogP contribution in [0.25, 0.3) is 0 Å². The van der Waals surface area contributed by atoms with Crippen molar-refractivity contribution in [2.24, 2.45) is 5.92 Å². The van der Waals surface area contributed by atoms with Crippen LogP contribution in [-0.2, 0) is 0 Å². The average molecular weight is 289 g/mol. The lowest BCUT2D eigenvalue weighted by atomic mass is 10.1. The largest absolute Gasteiger partial charge is 0.368 e. The first kappa shape index (κ1) is 14.6. The molecule has 3 rings (SSSR count). The molecular formula is C16H27N5. The van der Waals surface area contributed by atoms with Gasteiger partial charge in [-0.3, -0.25) is 0 Å². The molecule has 2 aliphatic rings. The van der Waals surface area contributed by atoms with Crippen LogP contribution in [0.5, 0.6) is 0 Å². The third-order valence-corrected chi connectivity index (χ3v) is 4.65. The van der Waals surface area contributed by atoms with E-state index in [0.29, 0.717) is 6.04 Å². The first-order valence-electron chi connectivity index (χ1n) is 8.21. The van der Waals surface area contributed by atoms with Crippen molar-refractivity contribution in [3.8, 4) is 0 Å². The molecule has 1 aliphatic carbocycles. The second-order valence-corrected chi connectivity index (χ2v) is 6.56. The zero-order chi connectivity index (χ0) is 14.7. The van der Waals surface area contributed by atoms with E-state index in [1.165, 1.54) is 32.1 Å². The number of aromatic nitrogens is 2. The Morgan fingerprint density at radius 1 is 1.24 bits per heavy atom. The van der Waals surface area contributed by atoms with Gasteiger partial charge in [0.1, 0.15) is 18.0 Å². The lowest BCUT2D eigenvalue weighted by Crippen LogP contribution is -2.36. The zero-order valence-electron chi connectivity index (χ0n) is 13.3. The Morgan fingerprint density at radius 3 is 2.67 bits per heavy atom.